The van der Waals surface area contributed by atoms with Gasteiger partial charge in [0.15, 0.2) is 0 Å². The van der Waals surface area contributed by atoms with E-state index in [0.717, 1.165) is 32.0 Å². The van der Waals surface area contributed by atoms with Crippen molar-refractivity contribution in [2.45, 2.75) is 40.2 Å². The fraction of sp³-hybridized carbons (Fsp3) is 1.00. The lowest BCUT2D eigenvalue weighted by Gasteiger charge is -2.14. The summed E-state index contributed by atoms with van der Waals surface area (Å²) in [7, 11) is 0. The summed E-state index contributed by atoms with van der Waals surface area (Å²) in [5.74, 6) is 0.721. The van der Waals surface area contributed by atoms with Crippen LogP contribution in [0.5, 0.6) is 0 Å². The summed E-state index contributed by atoms with van der Waals surface area (Å²) in [6.07, 6.45) is 1.39. The van der Waals surface area contributed by atoms with E-state index in [4.69, 9.17) is 9.47 Å². The van der Waals surface area contributed by atoms with Crippen LogP contribution < -0.4 is 5.32 Å². The summed E-state index contributed by atoms with van der Waals surface area (Å²) in [6, 6.07) is 0. The molecular formula is C12H27NO2. The van der Waals surface area contributed by atoms with E-state index in [1.54, 1.807) is 0 Å². The average molecular weight is 217 g/mol. The molecule has 0 saturated heterocycles. The minimum Gasteiger partial charge on any atom is -0.379 e. The fourth-order valence-electron chi connectivity index (χ4n) is 1.23. The molecule has 15 heavy (non-hydrogen) atoms. The minimum atomic E-state index is 0.324. The highest BCUT2D eigenvalue weighted by atomic mass is 16.5. The van der Waals surface area contributed by atoms with E-state index in [0.29, 0.717) is 19.3 Å². The van der Waals surface area contributed by atoms with E-state index in [2.05, 4.69) is 26.1 Å². The molecule has 0 bridgehead atoms. The van der Waals surface area contributed by atoms with Gasteiger partial charge in [0.2, 0.25) is 0 Å². The molecule has 0 aliphatic rings. The molecule has 0 aromatic heterocycles. The molecule has 0 amide bonds. The highest BCUT2D eigenvalue weighted by molar-refractivity contribution is 4.56. The second kappa shape index (κ2) is 10.4. The first-order valence-electron chi connectivity index (χ1n) is 6.06. The standard InChI is InChI=1S/C12H27NO2/c1-5-14-8-9-15-12(4)6-7-13-10-11(2)3/h11-13H,5-10H2,1-4H3. The number of rotatable bonds is 10. The average Bonchev–Trinajstić information content (AvgIpc) is 2.19. The molecule has 0 spiro atoms. The van der Waals surface area contributed by atoms with Crippen LogP contribution in [0, 0.1) is 5.92 Å². The number of nitrogens with one attached hydrogen (secondary N) is 1. The zero-order chi connectivity index (χ0) is 11.5. The van der Waals surface area contributed by atoms with Crippen molar-refractivity contribution < 1.29 is 9.47 Å². The fourth-order valence-corrected chi connectivity index (χ4v) is 1.23. The molecule has 0 aromatic rings. The van der Waals surface area contributed by atoms with Gasteiger partial charge in [0.25, 0.3) is 0 Å². The molecule has 0 aliphatic heterocycles. The molecule has 0 aliphatic carbocycles. The Bertz CT molecular complexity index is 129. The first kappa shape index (κ1) is 14.9. The van der Waals surface area contributed by atoms with E-state index >= 15 is 0 Å². The van der Waals surface area contributed by atoms with Gasteiger partial charge >= 0.3 is 0 Å². The molecule has 1 unspecified atom stereocenters. The predicted octanol–water partition coefficient (Wildman–Crippen LogP) is 2.06. The van der Waals surface area contributed by atoms with Gasteiger partial charge in [-0.05, 0) is 39.3 Å². The van der Waals surface area contributed by atoms with E-state index in [1.165, 1.54) is 0 Å². The van der Waals surface area contributed by atoms with Crippen LogP contribution in [-0.2, 0) is 9.47 Å². The van der Waals surface area contributed by atoms with Crippen molar-refractivity contribution in [2.24, 2.45) is 5.92 Å². The van der Waals surface area contributed by atoms with Crippen molar-refractivity contribution in [2.75, 3.05) is 32.9 Å². The Morgan fingerprint density at radius 1 is 1.13 bits per heavy atom. The Morgan fingerprint density at radius 2 is 1.87 bits per heavy atom. The van der Waals surface area contributed by atoms with Crippen LogP contribution in [-0.4, -0.2) is 39.0 Å². The maximum Gasteiger partial charge on any atom is 0.0704 e. The molecule has 3 heteroatoms. The van der Waals surface area contributed by atoms with E-state index in [1.807, 2.05) is 6.92 Å². The Morgan fingerprint density at radius 3 is 2.47 bits per heavy atom. The third kappa shape index (κ3) is 11.8. The molecule has 1 N–H and O–H groups in total. The molecule has 1 atom stereocenters. The number of hydrogen-bond acceptors (Lipinski definition) is 3. The van der Waals surface area contributed by atoms with Gasteiger partial charge in [0.1, 0.15) is 0 Å². The Balaban J connectivity index is 3.15. The van der Waals surface area contributed by atoms with Gasteiger partial charge in [0.05, 0.1) is 19.3 Å². The zero-order valence-electron chi connectivity index (χ0n) is 10.7. The van der Waals surface area contributed by atoms with Crippen LogP contribution in [0.15, 0.2) is 0 Å². The SMILES string of the molecule is CCOCCOC(C)CCNCC(C)C. The maximum absolute atomic E-state index is 5.59. The van der Waals surface area contributed by atoms with Crippen LogP contribution in [0.4, 0.5) is 0 Å². The quantitative estimate of drug-likeness (QED) is 0.568. The first-order chi connectivity index (χ1) is 7.16. The zero-order valence-corrected chi connectivity index (χ0v) is 10.7. The molecule has 0 fully saturated rings. The monoisotopic (exact) mass is 217 g/mol. The van der Waals surface area contributed by atoms with Crippen LogP contribution in [0.3, 0.4) is 0 Å². The van der Waals surface area contributed by atoms with E-state index in [-0.39, 0.29) is 0 Å². The Kier molecular flexibility index (Phi) is 10.3. The van der Waals surface area contributed by atoms with Crippen LogP contribution in [0.25, 0.3) is 0 Å². The van der Waals surface area contributed by atoms with Gasteiger partial charge in [-0.25, -0.2) is 0 Å². The molecule has 92 valence electrons. The largest absolute Gasteiger partial charge is 0.379 e. The summed E-state index contributed by atoms with van der Waals surface area (Å²) in [6.45, 7) is 12.9. The summed E-state index contributed by atoms with van der Waals surface area (Å²) in [4.78, 5) is 0. The van der Waals surface area contributed by atoms with E-state index < -0.39 is 0 Å². The van der Waals surface area contributed by atoms with E-state index in [9.17, 15) is 0 Å². The lowest BCUT2D eigenvalue weighted by atomic mass is 10.2. The highest BCUT2D eigenvalue weighted by Gasteiger charge is 2.01. The van der Waals surface area contributed by atoms with Gasteiger partial charge in [-0.2, -0.15) is 0 Å². The van der Waals surface area contributed by atoms with Crippen molar-refractivity contribution in [1.82, 2.24) is 5.32 Å². The van der Waals surface area contributed by atoms with Gasteiger partial charge < -0.3 is 14.8 Å². The van der Waals surface area contributed by atoms with Gasteiger partial charge in [-0.1, -0.05) is 13.8 Å². The Labute approximate surface area is 94.5 Å². The molecule has 0 heterocycles. The number of ether oxygens (including phenoxy) is 2. The second-order valence-electron chi connectivity index (χ2n) is 4.26. The summed E-state index contributed by atoms with van der Waals surface area (Å²) in [5, 5.41) is 3.41. The topological polar surface area (TPSA) is 30.5 Å². The summed E-state index contributed by atoms with van der Waals surface area (Å²) >= 11 is 0. The van der Waals surface area contributed by atoms with Crippen molar-refractivity contribution in [3.05, 3.63) is 0 Å². The van der Waals surface area contributed by atoms with Crippen LogP contribution >= 0.6 is 0 Å². The number of hydrogen-bond donors (Lipinski definition) is 1. The highest BCUT2D eigenvalue weighted by Crippen LogP contribution is 1.96. The normalized spacial score (nSPS) is 13.4. The third-order valence-electron chi connectivity index (χ3n) is 2.11. The van der Waals surface area contributed by atoms with Crippen molar-refractivity contribution in [3.63, 3.8) is 0 Å². The minimum absolute atomic E-state index is 0.324. The van der Waals surface area contributed by atoms with Gasteiger partial charge in [-0.15, -0.1) is 0 Å². The van der Waals surface area contributed by atoms with Crippen molar-refractivity contribution in [3.8, 4) is 0 Å². The summed E-state index contributed by atoms with van der Waals surface area (Å²) in [5.41, 5.74) is 0. The Hall–Kier alpha value is -0.120. The molecular weight excluding hydrogens is 190 g/mol. The van der Waals surface area contributed by atoms with Gasteiger partial charge in [0, 0.05) is 6.61 Å². The second-order valence-corrected chi connectivity index (χ2v) is 4.26. The smallest absolute Gasteiger partial charge is 0.0704 e. The lowest BCUT2D eigenvalue weighted by molar-refractivity contribution is 0.0124. The van der Waals surface area contributed by atoms with Crippen LogP contribution in [0.2, 0.25) is 0 Å². The van der Waals surface area contributed by atoms with Crippen molar-refractivity contribution in [1.29, 1.82) is 0 Å². The first-order valence-corrected chi connectivity index (χ1v) is 6.06. The van der Waals surface area contributed by atoms with Gasteiger partial charge in [-0.3, -0.25) is 0 Å². The molecule has 3 nitrogen and oxygen atoms in total. The molecule has 0 radical (unpaired) electrons. The molecule has 0 rings (SSSR count). The van der Waals surface area contributed by atoms with Crippen LogP contribution in [0.1, 0.15) is 34.1 Å². The lowest BCUT2D eigenvalue weighted by Crippen LogP contribution is -2.24. The predicted molar refractivity (Wildman–Crippen MR) is 64.2 cm³/mol. The van der Waals surface area contributed by atoms with Crippen molar-refractivity contribution >= 4 is 0 Å². The molecule has 0 saturated carbocycles. The molecule has 0 aromatic carbocycles. The maximum atomic E-state index is 5.59. The third-order valence-corrected chi connectivity index (χ3v) is 2.11. The summed E-state index contributed by atoms with van der Waals surface area (Å²) < 4.78 is 10.8.